The van der Waals surface area contributed by atoms with Gasteiger partial charge in [0.15, 0.2) is 5.96 Å². The van der Waals surface area contributed by atoms with Gasteiger partial charge in [0.25, 0.3) is 0 Å². The van der Waals surface area contributed by atoms with Gasteiger partial charge < -0.3 is 11.5 Å². The number of halogens is 1. The zero-order valence-electron chi connectivity index (χ0n) is 9.05. The lowest BCUT2D eigenvalue weighted by Gasteiger charge is -2.10. The molecule has 1 aromatic carbocycles. The van der Waals surface area contributed by atoms with E-state index in [2.05, 4.69) is 11.9 Å². The van der Waals surface area contributed by atoms with E-state index in [-0.39, 0.29) is 5.96 Å². The summed E-state index contributed by atoms with van der Waals surface area (Å²) >= 11 is 6.09. The van der Waals surface area contributed by atoms with E-state index in [0.29, 0.717) is 0 Å². The molecule has 1 aromatic rings. The minimum atomic E-state index is 0.0710. The van der Waals surface area contributed by atoms with E-state index in [1.807, 2.05) is 19.1 Å². The van der Waals surface area contributed by atoms with Crippen molar-refractivity contribution in [1.29, 1.82) is 0 Å². The lowest BCUT2D eigenvalue weighted by Crippen LogP contribution is -2.22. The molecule has 4 N–H and O–H groups in total. The molecule has 0 aromatic heterocycles. The Bertz CT molecular complexity index is 382. The molecule has 0 aliphatic rings. The van der Waals surface area contributed by atoms with Gasteiger partial charge in [-0.15, -0.1) is 0 Å². The number of hydrogen-bond donors (Lipinski definition) is 2. The van der Waals surface area contributed by atoms with Crippen molar-refractivity contribution in [2.24, 2.45) is 16.5 Å². The summed E-state index contributed by atoms with van der Waals surface area (Å²) in [4.78, 5) is 4.15. The van der Waals surface area contributed by atoms with E-state index in [4.69, 9.17) is 23.1 Å². The maximum Gasteiger partial charge on any atom is 0.191 e. The topological polar surface area (TPSA) is 64.4 Å². The Balaban J connectivity index is 3.40. The highest BCUT2D eigenvalue weighted by Gasteiger charge is 2.09. The van der Waals surface area contributed by atoms with Crippen LogP contribution in [0.4, 0.5) is 5.69 Å². The Labute approximate surface area is 95.1 Å². The highest BCUT2D eigenvalue weighted by Crippen LogP contribution is 2.31. The molecule has 0 unspecified atom stereocenters. The number of nitrogens with two attached hydrogens (primary N) is 2. The van der Waals surface area contributed by atoms with E-state index in [9.17, 15) is 0 Å². The fourth-order valence-corrected chi connectivity index (χ4v) is 1.84. The minimum absolute atomic E-state index is 0.0710. The van der Waals surface area contributed by atoms with Gasteiger partial charge in [-0.3, -0.25) is 0 Å². The second-order valence-corrected chi connectivity index (χ2v) is 3.68. The van der Waals surface area contributed by atoms with Gasteiger partial charge in [-0.1, -0.05) is 31.5 Å². The normalized spacial score (nSPS) is 10.1. The van der Waals surface area contributed by atoms with Gasteiger partial charge in [0.1, 0.15) is 0 Å². The van der Waals surface area contributed by atoms with E-state index in [0.717, 1.165) is 34.7 Å². The first-order chi connectivity index (χ1) is 7.10. The molecule has 0 saturated heterocycles. The summed E-state index contributed by atoms with van der Waals surface area (Å²) in [5.41, 5.74) is 13.8. The Morgan fingerprint density at radius 2 is 1.93 bits per heavy atom. The molecule has 0 saturated carbocycles. The summed E-state index contributed by atoms with van der Waals surface area (Å²) in [5.74, 6) is 0.0710. The summed E-state index contributed by atoms with van der Waals surface area (Å²) in [7, 11) is 0. The average Bonchev–Trinajstić information content (AvgIpc) is 2.18. The molecule has 0 aliphatic carbocycles. The summed E-state index contributed by atoms with van der Waals surface area (Å²) in [6.07, 6.45) is 1.70. The van der Waals surface area contributed by atoms with Gasteiger partial charge in [-0.05, 0) is 30.0 Å². The highest BCUT2D eigenvalue weighted by molar-refractivity contribution is 6.31. The van der Waals surface area contributed by atoms with Crippen molar-refractivity contribution < 1.29 is 0 Å². The van der Waals surface area contributed by atoms with Gasteiger partial charge >= 0.3 is 0 Å². The van der Waals surface area contributed by atoms with Crippen molar-refractivity contribution >= 4 is 23.2 Å². The van der Waals surface area contributed by atoms with Gasteiger partial charge in [0, 0.05) is 5.02 Å². The number of aryl methyl sites for hydroxylation is 1. The first-order valence-corrected chi connectivity index (χ1v) is 5.37. The van der Waals surface area contributed by atoms with E-state index in [1.165, 1.54) is 0 Å². The fraction of sp³-hybridized carbons (Fsp3) is 0.364. The molecule has 82 valence electrons. The number of nitrogens with zero attached hydrogens (tertiary/aromatic N) is 1. The zero-order chi connectivity index (χ0) is 11.4. The molecule has 4 heteroatoms. The summed E-state index contributed by atoms with van der Waals surface area (Å²) in [6, 6.07) is 3.86. The quantitative estimate of drug-likeness (QED) is 0.613. The Hall–Kier alpha value is -1.22. The van der Waals surface area contributed by atoms with Crippen molar-refractivity contribution in [1.82, 2.24) is 0 Å². The van der Waals surface area contributed by atoms with Gasteiger partial charge in [-0.2, -0.15) is 0 Å². The largest absolute Gasteiger partial charge is 0.370 e. The fourth-order valence-electron chi connectivity index (χ4n) is 1.55. The van der Waals surface area contributed by atoms with Gasteiger partial charge in [-0.25, -0.2) is 4.99 Å². The second kappa shape index (κ2) is 5.03. The van der Waals surface area contributed by atoms with Crippen LogP contribution in [0.3, 0.4) is 0 Å². The molecule has 0 bridgehead atoms. The molecular weight excluding hydrogens is 210 g/mol. The van der Waals surface area contributed by atoms with E-state index < -0.39 is 0 Å². The second-order valence-electron chi connectivity index (χ2n) is 3.28. The standard InChI is InChI=1S/C11H16ClN3/c1-3-7-5-6-9(12)8(4-2)10(7)15-11(13)14/h5-6H,3-4H2,1-2H3,(H4,13,14,15). The lowest BCUT2D eigenvalue weighted by molar-refractivity contribution is 1.08. The van der Waals surface area contributed by atoms with Gasteiger partial charge in [0.2, 0.25) is 0 Å². The molecule has 0 atom stereocenters. The van der Waals surface area contributed by atoms with Crippen LogP contribution in [0.25, 0.3) is 0 Å². The Morgan fingerprint density at radius 3 is 2.40 bits per heavy atom. The molecule has 0 fully saturated rings. The predicted molar refractivity (Wildman–Crippen MR) is 65.7 cm³/mol. The van der Waals surface area contributed by atoms with Crippen molar-refractivity contribution in [3.63, 3.8) is 0 Å². The third-order valence-electron chi connectivity index (χ3n) is 2.28. The summed E-state index contributed by atoms with van der Waals surface area (Å²) in [6.45, 7) is 4.10. The smallest absolute Gasteiger partial charge is 0.191 e. The molecule has 0 heterocycles. The zero-order valence-corrected chi connectivity index (χ0v) is 9.80. The van der Waals surface area contributed by atoms with E-state index in [1.54, 1.807) is 0 Å². The van der Waals surface area contributed by atoms with Crippen LogP contribution >= 0.6 is 11.6 Å². The number of benzene rings is 1. The molecule has 15 heavy (non-hydrogen) atoms. The Kier molecular flexibility index (Phi) is 3.97. The van der Waals surface area contributed by atoms with Gasteiger partial charge in [0.05, 0.1) is 5.69 Å². The van der Waals surface area contributed by atoms with Crippen LogP contribution in [0, 0.1) is 0 Å². The van der Waals surface area contributed by atoms with E-state index >= 15 is 0 Å². The van der Waals surface area contributed by atoms with Crippen LogP contribution in [-0.2, 0) is 12.8 Å². The molecule has 0 amide bonds. The van der Waals surface area contributed by atoms with Crippen molar-refractivity contribution in [3.8, 4) is 0 Å². The summed E-state index contributed by atoms with van der Waals surface area (Å²) in [5, 5.41) is 0.717. The highest BCUT2D eigenvalue weighted by atomic mass is 35.5. The van der Waals surface area contributed by atoms with Crippen LogP contribution < -0.4 is 11.5 Å². The first kappa shape index (κ1) is 11.9. The number of hydrogen-bond acceptors (Lipinski definition) is 1. The maximum absolute atomic E-state index is 6.09. The number of aliphatic imine (C=N–C) groups is 1. The minimum Gasteiger partial charge on any atom is -0.370 e. The van der Waals surface area contributed by atoms with Crippen molar-refractivity contribution in [2.45, 2.75) is 26.7 Å². The number of rotatable bonds is 3. The van der Waals surface area contributed by atoms with Crippen molar-refractivity contribution in [2.75, 3.05) is 0 Å². The molecule has 0 radical (unpaired) electrons. The first-order valence-electron chi connectivity index (χ1n) is 5.00. The van der Waals surface area contributed by atoms with Crippen LogP contribution in [0.15, 0.2) is 17.1 Å². The SMILES string of the molecule is CCc1ccc(Cl)c(CC)c1N=C(N)N. The summed E-state index contributed by atoms with van der Waals surface area (Å²) < 4.78 is 0. The van der Waals surface area contributed by atoms with Crippen LogP contribution in [0.2, 0.25) is 5.02 Å². The van der Waals surface area contributed by atoms with Crippen LogP contribution in [-0.4, -0.2) is 5.96 Å². The predicted octanol–water partition coefficient (Wildman–Crippen LogP) is 2.37. The van der Waals surface area contributed by atoms with Crippen LogP contribution in [0.5, 0.6) is 0 Å². The molecule has 0 aliphatic heterocycles. The molecular formula is C11H16ClN3. The van der Waals surface area contributed by atoms with Crippen LogP contribution in [0.1, 0.15) is 25.0 Å². The average molecular weight is 226 g/mol. The third kappa shape index (κ3) is 2.63. The molecule has 0 spiro atoms. The number of guanidine groups is 1. The maximum atomic E-state index is 6.09. The monoisotopic (exact) mass is 225 g/mol. The Morgan fingerprint density at radius 1 is 1.27 bits per heavy atom. The molecule has 3 nitrogen and oxygen atoms in total. The van der Waals surface area contributed by atoms with Crippen molar-refractivity contribution in [3.05, 3.63) is 28.3 Å². The third-order valence-corrected chi connectivity index (χ3v) is 2.64. The lowest BCUT2D eigenvalue weighted by atomic mass is 10.0. The molecule has 1 rings (SSSR count).